The smallest absolute Gasteiger partial charge is 0.338 e. The van der Waals surface area contributed by atoms with Crippen molar-refractivity contribution in [2.45, 2.75) is 53.0 Å². The Kier molecular flexibility index (Phi) is 8.42. The summed E-state index contributed by atoms with van der Waals surface area (Å²) in [7, 11) is 0. The van der Waals surface area contributed by atoms with Crippen molar-refractivity contribution in [2.24, 2.45) is 0 Å². The summed E-state index contributed by atoms with van der Waals surface area (Å²) >= 11 is 0. The monoisotopic (exact) mass is 393 g/mol. The molecule has 1 aliphatic rings. The quantitative estimate of drug-likeness (QED) is 0.599. The Hall–Kier alpha value is -2.44. The molecule has 0 spiro atoms. The van der Waals surface area contributed by atoms with Gasteiger partial charge in [-0.3, -0.25) is 4.79 Å². The van der Waals surface area contributed by atoms with Gasteiger partial charge in [-0.1, -0.05) is 0 Å². The largest absolute Gasteiger partial charge is 0.490 e. The van der Waals surface area contributed by atoms with Gasteiger partial charge in [0.1, 0.15) is 0 Å². The van der Waals surface area contributed by atoms with E-state index >= 15 is 0 Å². The SMILES string of the molecule is CCOc1cc(C(=O)OCC(=O)N2CCCCC2C)cc(OCC)c1OCC. The van der Waals surface area contributed by atoms with E-state index in [4.69, 9.17) is 18.9 Å². The van der Waals surface area contributed by atoms with Gasteiger partial charge in [0.15, 0.2) is 18.1 Å². The van der Waals surface area contributed by atoms with Gasteiger partial charge in [0.25, 0.3) is 5.91 Å². The molecule has 1 aliphatic heterocycles. The van der Waals surface area contributed by atoms with Crippen LogP contribution in [-0.2, 0) is 9.53 Å². The second-order valence-electron chi connectivity index (χ2n) is 6.61. The van der Waals surface area contributed by atoms with E-state index in [-0.39, 0.29) is 24.1 Å². The first-order valence-electron chi connectivity index (χ1n) is 10.0. The molecule has 1 fully saturated rings. The number of piperidine rings is 1. The number of amides is 1. The minimum absolute atomic E-state index is 0.165. The summed E-state index contributed by atoms with van der Waals surface area (Å²) in [4.78, 5) is 26.7. The van der Waals surface area contributed by atoms with Crippen LogP contribution in [0.3, 0.4) is 0 Å². The number of likely N-dealkylation sites (tertiary alicyclic amines) is 1. The highest BCUT2D eigenvalue weighted by atomic mass is 16.5. The molecule has 1 atom stereocenters. The molecule has 1 unspecified atom stereocenters. The van der Waals surface area contributed by atoms with Crippen LogP contribution in [0.2, 0.25) is 0 Å². The van der Waals surface area contributed by atoms with E-state index in [9.17, 15) is 9.59 Å². The van der Waals surface area contributed by atoms with Gasteiger partial charge in [-0.15, -0.1) is 0 Å². The molecule has 28 heavy (non-hydrogen) atoms. The summed E-state index contributed by atoms with van der Waals surface area (Å²) in [6.45, 7) is 9.28. The van der Waals surface area contributed by atoms with Crippen LogP contribution in [0.5, 0.6) is 17.2 Å². The van der Waals surface area contributed by atoms with E-state index in [0.717, 1.165) is 19.3 Å². The van der Waals surface area contributed by atoms with Crippen LogP contribution >= 0.6 is 0 Å². The summed E-state index contributed by atoms with van der Waals surface area (Å²) in [5, 5.41) is 0. The second-order valence-corrected chi connectivity index (χ2v) is 6.61. The number of nitrogens with zero attached hydrogens (tertiary/aromatic N) is 1. The van der Waals surface area contributed by atoms with Crippen molar-refractivity contribution in [1.29, 1.82) is 0 Å². The number of hydrogen-bond donors (Lipinski definition) is 0. The predicted octanol–water partition coefficient (Wildman–Crippen LogP) is 3.44. The fraction of sp³-hybridized carbons (Fsp3) is 0.619. The molecular weight excluding hydrogens is 362 g/mol. The molecule has 0 aromatic heterocycles. The van der Waals surface area contributed by atoms with Gasteiger partial charge in [0, 0.05) is 12.6 Å². The fourth-order valence-corrected chi connectivity index (χ4v) is 3.27. The van der Waals surface area contributed by atoms with Crippen molar-refractivity contribution in [3.05, 3.63) is 17.7 Å². The number of hydrogen-bond acceptors (Lipinski definition) is 6. The highest BCUT2D eigenvalue weighted by Gasteiger charge is 2.25. The molecule has 7 nitrogen and oxygen atoms in total. The van der Waals surface area contributed by atoms with Gasteiger partial charge < -0.3 is 23.8 Å². The Morgan fingerprint density at radius 2 is 1.61 bits per heavy atom. The van der Waals surface area contributed by atoms with E-state index in [1.54, 1.807) is 17.0 Å². The normalized spacial score (nSPS) is 16.4. The van der Waals surface area contributed by atoms with E-state index in [0.29, 0.717) is 43.6 Å². The molecule has 1 amide bonds. The fourth-order valence-electron chi connectivity index (χ4n) is 3.27. The van der Waals surface area contributed by atoms with Crippen LogP contribution in [0.4, 0.5) is 0 Å². The van der Waals surface area contributed by atoms with Crippen molar-refractivity contribution in [3.63, 3.8) is 0 Å². The second kappa shape index (κ2) is 10.8. The maximum atomic E-state index is 12.6. The van der Waals surface area contributed by atoms with Crippen molar-refractivity contribution in [3.8, 4) is 17.2 Å². The summed E-state index contributed by atoms with van der Waals surface area (Å²) in [5.74, 6) is 0.530. The molecule has 1 saturated heterocycles. The first kappa shape index (κ1) is 21.9. The molecular formula is C21H31NO6. The molecule has 1 aromatic rings. The van der Waals surface area contributed by atoms with Crippen LogP contribution in [0.15, 0.2) is 12.1 Å². The first-order chi connectivity index (χ1) is 13.5. The number of benzene rings is 1. The average Bonchev–Trinajstić information content (AvgIpc) is 2.68. The molecule has 0 N–H and O–H groups in total. The van der Waals surface area contributed by atoms with E-state index in [1.165, 1.54) is 0 Å². The number of rotatable bonds is 9. The van der Waals surface area contributed by atoms with Gasteiger partial charge in [-0.2, -0.15) is 0 Å². The van der Waals surface area contributed by atoms with Crippen LogP contribution < -0.4 is 14.2 Å². The average molecular weight is 393 g/mol. The standard InChI is InChI=1S/C21H31NO6/c1-5-25-17-12-16(13-18(26-6-2)20(17)27-7-3)21(24)28-14-19(23)22-11-9-8-10-15(22)4/h12-13,15H,5-11,14H2,1-4H3. The Balaban J connectivity index is 2.13. The molecule has 2 rings (SSSR count). The summed E-state index contributed by atoms with van der Waals surface area (Å²) in [6, 6.07) is 3.31. The number of esters is 1. The number of carbonyl (C=O) groups is 2. The van der Waals surface area contributed by atoms with Crippen molar-refractivity contribution in [1.82, 2.24) is 4.90 Å². The zero-order valence-corrected chi connectivity index (χ0v) is 17.3. The maximum Gasteiger partial charge on any atom is 0.338 e. The molecule has 0 saturated carbocycles. The van der Waals surface area contributed by atoms with E-state index in [2.05, 4.69) is 0 Å². The lowest BCUT2D eigenvalue weighted by Gasteiger charge is -2.33. The van der Waals surface area contributed by atoms with Gasteiger partial charge in [-0.05, 0) is 59.1 Å². The third kappa shape index (κ3) is 5.53. The van der Waals surface area contributed by atoms with Gasteiger partial charge in [0.2, 0.25) is 5.75 Å². The molecule has 1 aromatic carbocycles. The van der Waals surface area contributed by atoms with Crippen molar-refractivity contribution in [2.75, 3.05) is 33.0 Å². The van der Waals surface area contributed by atoms with Crippen LogP contribution in [0.25, 0.3) is 0 Å². The van der Waals surface area contributed by atoms with E-state index < -0.39 is 5.97 Å². The highest BCUT2D eigenvalue weighted by molar-refractivity contribution is 5.93. The first-order valence-corrected chi connectivity index (χ1v) is 10.0. The Morgan fingerprint density at radius 3 is 2.14 bits per heavy atom. The topological polar surface area (TPSA) is 74.3 Å². The molecule has 7 heteroatoms. The lowest BCUT2D eigenvalue weighted by molar-refractivity contribution is -0.137. The number of ether oxygens (including phenoxy) is 4. The summed E-state index contributed by atoms with van der Waals surface area (Å²) in [6.07, 6.45) is 3.09. The predicted molar refractivity (Wildman–Crippen MR) is 105 cm³/mol. The molecule has 0 radical (unpaired) electrons. The van der Waals surface area contributed by atoms with E-state index in [1.807, 2.05) is 27.7 Å². The lowest BCUT2D eigenvalue weighted by Crippen LogP contribution is -2.44. The Morgan fingerprint density at radius 1 is 1.00 bits per heavy atom. The summed E-state index contributed by atoms with van der Waals surface area (Å²) < 4.78 is 22.1. The zero-order chi connectivity index (χ0) is 20.5. The third-order valence-electron chi connectivity index (χ3n) is 4.59. The Bertz CT molecular complexity index is 648. The maximum absolute atomic E-state index is 12.6. The lowest BCUT2D eigenvalue weighted by atomic mass is 10.0. The molecule has 1 heterocycles. The number of carbonyl (C=O) groups excluding carboxylic acids is 2. The Labute approximate surface area is 166 Å². The highest BCUT2D eigenvalue weighted by Crippen LogP contribution is 2.39. The molecule has 156 valence electrons. The van der Waals surface area contributed by atoms with Crippen LogP contribution in [0.1, 0.15) is 57.3 Å². The van der Waals surface area contributed by atoms with Gasteiger partial charge >= 0.3 is 5.97 Å². The van der Waals surface area contributed by atoms with Crippen LogP contribution in [0, 0.1) is 0 Å². The van der Waals surface area contributed by atoms with Crippen LogP contribution in [-0.4, -0.2) is 55.8 Å². The van der Waals surface area contributed by atoms with Gasteiger partial charge in [0.05, 0.1) is 25.4 Å². The minimum Gasteiger partial charge on any atom is -0.490 e. The molecule has 0 bridgehead atoms. The summed E-state index contributed by atoms with van der Waals surface area (Å²) in [5.41, 5.74) is 0.259. The molecule has 0 aliphatic carbocycles. The van der Waals surface area contributed by atoms with Gasteiger partial charge in [-0.25, -0.2) is 4.79 Å². The third-order valence-corrected chi connectivity index (χ3v) is 4.59. The van der Waals surface area contributed by atoms with Crippen molar-refractivity contribution < 1.29 is 28.5 Å². The zero-order valence-electron chi connectivity index (χ0n) is 17.3. The van der Waals surface area contributed by atoms with Crippen molar-refractivity contribution >= 4 is 11.9 Å². The minimum atomic E-state index is -0.594.